The molecule has 0 bridgehead atoms. The zero-order chi connectivity index (χ0) is 15.6. The predicted octanol–water partition coefficient (Wildman–Crippen LogP) is 3.64. The van der Waals surface area contributed by atoms with E-state index in [1.165, 1.54) is 6.08 Å². The van der Waals surface area contributed by atoms with Crippen molar-refractivity contribution in [2.75, 3.05) is 13.2 Å². The number of benzene rings is 1. The summed E-state index contributed by atoms with van der Waals surface area (Å²) in [5, 5.41) is 2.99. The first-order valence-electron chi connectivity index (χ1n) is 6.58. The highest BCUT2D eigenvalue weighted by atomic mass is 19.4. The molecule has 0 saturated carbocycles. The molecule has 0 amide bonds. The number of hydrogen-bond acceptors (Lipinski definition) is 4. The van der Waals surface area contributed by atoms with Crippen LogP contribution < -0.4 is 4.74 Å². The molecule has 1 unspecified atom stereocenters. The highest BCUT2D eigenvalue weighted by Gasteiger charge is 2.34. The second-order valence-electron chi connectivity index (χ2n) is 4.75. The van der Waals surface area contributed by atoms with Crippen LogP contribution >= 0.6 is 0 Å². The second-order valence-corrected chi connectivity index (χ2v) is 4.75. The lowest BCUT2D eigenvalue weighted by Crippen LogP contribution is -2.04. The van der Waals surface area contributed by atoms with Gasteiger partial charge in [-0.05, 0) is 18.2 Å². The van der Waals surface area contributed by atoms with Crippen molar-refractivity contribution in [1.82, 2.24) is 5.16 Å². The standard InChI is InChI=1S/C15H12F3NO3/c16-15(17,18)14-7-11(22-19-14)6-5-10-3-1-2-4-13(10)21-9-12-8-20-12/h1-7,12H,8-9H2/b6-5+. The van der Waals surface area contributed by atoms with E-state index in [0.717, 1.165) is 11.6 Å². The van der Waals surface area contributed by atoms with Gasteiger partial charge in [0.05, 0.1) is 6.61 Å². The predicted molar refractivity (Wildman–Crippen MR) is 72.1 cm³/mol. The van der Waals surface area contributed by atoms with Gasteiger partial charge >= 0.3 is 6.18 Å². The summed E-state index contributed by atoms with van der Waals surface area (Å²) in [6, 6.07) is 8.04. The largest absolute Gasteiger partial charge is 0.490 e. The van der Waals surface area contributed by atoms with Crippen molar-refractivity contribution in [3.63, 3.8) is 0 Å². The van der Waals surface area contributed by atoms with E-state index < -0.39 is 11.9 Å². The van der Waals surface area contributed by atoms with E-state index >= 15 is 0 Å². The average Bonchev–Trinajstić information content (AvgIpc) is 3.18. The molecule has 2 aromatic rings. The fraction of sp³-hybridized carbons (Fsp3) is 0.267. The highest BCUT2D eigenvalue weighted by Crippen LogP contribution is 2.29. The second kappa shape index (κ2) is 5.84. The van der Waals surface area contributed by atoms with Crippen LogP contribution in [0.5, 0.6) is 5.75 Å². The molecule has 1 aliphatic rings. The summed E-state index contributed by atoms with van der Waals surface area (Å²) in [6.45, 7) is 1.14. The molecule has 1 fully saturated rings. The van der Waals surface area contributed by atoms with Crippen LogP contribution in [-0.2, 0) is 10.9 Å². The first-order valence-corrected chi connectivity index (χ1v) is 6.58. The minimum absolute atomic E-state index is 0.0210. The van der Waals surface area contributed by atoms with E-state index in [4.69, 9.17) is 9.47 Å². The van der Waals surface area contributed by atoms with Gasteiger partial charge in [-0.2, -0.15) is 13.2 Å². The van der Waals surface area contributed by atoms with Crippen LogP contribution in [0.15, 0.2) is 34.9 Å². The molecule has 1 aliphatic heterocycles. The van der Waals surface area contributed by atoms with Crippen LogP contribution in [-0.4, -0.2) is 24.5 Å². The maximum absolute atomic E-state index is 12.4. The van der Waals surface area contributed by atoms with E-state index in [2.05, 4.69) is 9.68 Å². The number of para-hydroxylation sites is 1. The molecule has 4 nitrogen and oxygen atoms in total. The average molecular weight is 311 g/mol. The van der Waals surface area contributed by atoms with Crippen molar-refractivity contribution in [2.45, 2.75) is 12.3 Å². The van der Waals surface area contributed by atoms with Crippen LogP contribution in [0.4, 0.5) is 13.2 Å². The Hall–Kier alpha value is -2.28. The Bertz CT molecular complexity index is 675. The lowest BCUT2D eigenvalue weighted by atomic mass is 10.2. The topological polar surface area (TPSA) is 47.8 Å². The van der Waals surface area contributed by atoms with Crippen molar-refractivity contribution in [3.05, 3.63) is 47.3 Å². The third-order valence-electron chi connectivity index (χ3n) is 2.99. The smallest absolute Gasteiger partial charge is 0.436 e. The van der Waals surface area contributed by atoms with E-state index in [0.29, 0.717) is 19.0 Å². The number of ether oxygens (including phenoxy) is 2. The normalized spacial score (nSPS) is 17.9. The first-order chi connectivity index (χ1) is 10.5. The van der Waals surface area contributed by atoms with Crippen molar-refractivity contribution >= 4 is 12.2 Å². The molecule has 7 heteroatoms. The van der Waals surface area contributed by atoms with Gasteiger partial charge < -0.3 is 14.0 Å². The number of rotatable bonds is 5. The summed E-state index contributed by atoms with van der Waals surface area (Å²) < 4.78 is 52.6. The van der Waals surface area contributed by atoms with Gasteiger partial charge in [0.15, 0.2) is 11.5 Å². The Morgan fingerprint density at radius 3 is 2.73 bits per heavy atom. The quantitative estimate of drug-likeness (QED) is 0.791. The summed E-state index contributed by atoms with van der Waals surface area (Å²) in [4.78, 5) is 0. The van der Waals surface area contributed by atoms with Gasteiger partial charge in [0.25, 0.3) is 0 Å². The third-order valence-corrected chi connectivity index (χ3v) is 2.99. The lowest BCUT2D eigenvalue weighted by Gasteiger charge is -2.07. The summed E-state index contributed by atoms with van der Waals surface area (Å²) in [7, 11) is 0. The maximum Gasteiger partial charge on any atom is 0.436 e. The van der Waals surface area contributed by atoms with Crippen LogP contribution in [0.1, 0.15) is 17.0 Å². The van der Waals surface area contributed by atoms with Crippen molar-refractivity contribution < 1.29 is 27.2 Å². The molecular formula is C15H12F3NO3. The van der Waals surface area contributed by atoms with Gasteiger partial charge in [-0.3, -0.25) is 0 Å². The van der Waals surface area contributed by atoms with Crippen molar-refractivity contribution in [1.29, 1.82) is 0 Å². The highest BCUT2D eigenvalue weighted by molar-refractivity contribution is 5.70. The molecule has 1 atom stereocenters. The van der Waals surface area contributed by atoms with Gasteiger partial charge in [0.1, 0.15) is 18.5 Å². The lowest BCUT2D eigenvalue weighted by molar-refractivity contribution is -0.142. The Kier molecular flexibility index (Phi) is 3.89. The van der Waals surface area contributed by atoms with E-state index in [9.17, 15) is 13.2 Å². The fourth-order valence-corrected chi connectivity index (χ4v) is 1.77. The van der Waals surface area contributed by atoms with Crippen LogP contribution in [0.3, 0.4) is 0 Å². The molecule has 1 saturated heterocycles. The van der Waals surface area contributed by atoms with Crippen LogP contribution in [0.25, 0.3) is 12.2 Å². The number of hydrogen-bond donors (Lipinski definition) is 0. The van der Waals surface area contributed by atoms with Gasteiger partial charge in [-0.15, -0.1) is 0 Å². The molecule has 3 rings (SSSR count). The fourth-order valence-electron chi connectivity index (χ4n) is 1.77. The molecule has 0 radical (unpaired) electrons. The summed E-state index contributed by atoms with van der Waals surface area (Å²) >= 11 is 0. The Morgan fingerprint density at radius 1 is 1.27 bits per heavy atom. The number of epoxide rings is 1. The molecule has 0 aliphatic carbocycles. The van der Waals surface area contributed by atoms with E-state index in [1.54, 1.807) is 18.2 Å². The Balaban J connectivity index is 1.72. The van der Waals surface area contributed by atoms with Crippen molar-refractivity contribution in [3.8, 4) is 5.75 Å². The molecule has 22 heavy (non-hydrogen) atoms. The van der Waals surface area contributed by atoms with Gasteiger partial charge in [0.2, 0.25) is 0 Å². The summed E-state index contributed by atoms with van der Waals surface area (Å²) in [6.07, 6.45) is -1.36. The monoisotopic (exact) mass is 311 g/mol. The zero-order valence-electron chi connectivity index (χ0n) is 11.3. The number of aromatic nitrogens is 1. The maximum atomic E-state index is 12.4. The van der Waals surface area contributed by atoms with Gasteiger partial charge in [-0.1, -0.05) is 23.4 Å². The third kappa shape index (κ3) is 3.67. The van der Waals surface area contributed by atoms with Gasteiger partial charge in [-0.25, -0.2) is 0 Å². The Morgan fingerprint density at radius 2 is 2.05 bits per heavy atom. The van der Waals surface area contributed by atoms with Crippen LogP contribution in [0, 0.1) is 0 Å². The molecule has 0 N–H and O–H groups in total. The number of nitrogens with zero attached hydrogens (tertiary/aromatic N) is 1. The molecule has 1 aromatic heterocycles. The number of halogens is 3. The molecule has 0 spiro atoms. The van der Waals surface area contributed by atoms with Gasteiger partial charge in [0, 0.05) is 11.6 Å². The van der Waals surface area contributed by atoms with Crippen LogP contribution in [0.2, 0.25) is 0 Å². The number of alkyl halides is 3. The minimum atomic E-state index is -4.51. The SMILES string of the molecule is FC(F)(F)c1cc(/C=C/c2ccccc2OCC2CO2)on1. The molecule has 2 heterocycles. The summed E-state index contributed by atoms with van der Waals surface area (Å²) in [5.41, 5.74) is -0.323. The Labute approximate surface area is 124 Å². The first kappa shape index (κ1) is 14.6. The summed E-state index contributed by atoms with van der Waals surface area (Å²) in [5.74, 6) is 0.650. The molecule has 1 aromatic carbocycles. The molecule has 116 valence electrons. The van der Waals surface area contributed by atoms with Crippen molar-refractivity contribution in [2.24, 2.45) is 0 Å². The zero-order valence-corrected chi connectivity index (χ0v) is 11.3. The minimum Gasteiger partial charge on any atom is -0.490 e. The van der Waals surface area contributed by atoms with E-state index in [1.807, 2.05) is 12.1 Å². The van der Waals surface area contributed by atoms with E-state index in [-0.39, 0.29) is 11.9 Å². The molecular weight excluding hydrogens is 299 g/mol.